The minimum atomic E-state index is -1.38. The van der Waals surface area contributed by atoms with Crippen molar-refractivity contribution in [1.82, 2.24) is 10.2 Å². The molecule has 248 valence electrons. The van der Waals surface area contributed by atoms with Crippen molar-refractivity contribution < 1.29 is 38.5 Å². The number of nitrogens with zero attached hydrogens (tertiary/aromatic N) is 2. The Morgan fingerprint density at radius 3 is 2.49 bits per heavy atom. The van der Waals surface area contributed by atoms with Gasteiger partial charge in [-0.05, 0) is 56.0 Å². The van der Waals surface area contributed by atoms with Crippen molar-refractivity contribution in [3.8, 4) is 5.75 Å². The molecule has 5 bridgehead atoms. The SMILES string of the molecule is COc1ccc(N2C/C=C\CCC(=O)N[C@@H](C)[C@H](c3ccccc3)OC(=O)[C@@H]3[C@H]4C(=O)N(CCCCO)[C@H](C2=O)[C@]42C=C[C@H]3O2)cc1. The molecule has 0 radical (unpaired) electrons. The second-order valence-electron chi connectivity index (χ2n) is 12.4. The lowest BCUT2D eigenvalue weighted by Crippen LogP contribution is -2.56. The van der Waals surface area contributed by atoms with Crippen LogP contribution in [0.1, 0.15) is 44.3 Å². The number of anilines is 1. The van der Waals surface area contributed by atoms with Crippen LogP contribution < -0.4 is 15.0 Å². The third-order valence-electron chi connectivity index (χ3n) is 9.54. The quantitative estimate of drug-likeness (QED) is 0.267. The molecule has 7 atom stereocenters. The van der Waals surface area contributed by atoms with E-state index in [0.29, 0.717) is 36.3 Å². The van der Waals surface area contributed by atoms with Gasteiger partial charge in [0.1, 0.15) is 29.4 Å². The standard InChI is InChI=1S/C36H41N3O8/c1-23-31(24-11-5-3-6-12-24)46-35(44)29-27-18-19-36(47-27)30(29)33(42)39(21-9-10-22-40)32(36)34(43)38(20-8-4-7-13-28(41)37-23)25-14-16-26(45-2)17-15-25/h3-6,8,11-12,14-19,23,27,29-32,40H,7,9-10,13,20-22H2,1-2H3,(H,37,41)/b8-4-/t23-,27+,29-,30-,31+,32+,36-/m0/s1. The Morgan fingerprint density at radius 1 is 1.00 bits per heavy atom. The van der Waals surface area contributed by atoms with Crippen LogP contribution in [0.3, 0.4) is 0 Å². The van der Waals surface area contributed by atoms with Crippen LogP contribution in [0.15, 0.2) is 78.9 Å². The van der Waals surface area contributed by atoms with Gasteiger partial charge in [-0.1, -0.05) is 54.6 Å². The molecule has 2 aromatic rings. The summed E-state index contributed by atoms with van der Waals surface area (Å²) in [6.45, 7) is 2.12. The fourth-order valence-corrected chi connectivity index (χ4v) is 7.30. The Labute approximate surface area is 274 Å². The topological polar surface area (TPSA) is 135 Å². The molecule has 2 fully saturated rings. The summed E-state index contributed by atoms with van der Waals surface area (Å²) in [6, 6.07) is 14.6. The number of aliphatic hydroxyl groups excluding tert-OH is 1. The van der Waals surface area contributed by atoms with Crippen LogP contribution in [0.4, 0.5) is 5.69 Å². The number of aliphatic hydroxyl groups is 1. The third-order valence-corrected chi connectivity index (χ3v) is 9.54. The lowest BCUT2D eigenvalue weighted by Gasteiger charge is -2.36. The number of hydrogen-bond donors (Lipinski definition) is 2. The first-order chi connectivity index (χ1) is 22.8. The van der Waals surface area contributed by atoms with Gasteiger partial charge in [-0.3, -0.25) is 19.2 Å². The molecule has 0 unspecified atom stereocenters. The summed E-state index contributed by atoms with van der Waals surface area (Å²) in [5.74, 6) is -2.92. The number of cyclic esters (lactones) is 1. The maximum Gasteiger partial charge on any atom is 0.313 e. The number of amides is 3. The Balaban J connectivity index is 1.43. The van der Waals surface area contributed by atoms with Gasteiger partial charge in [0.25, 0.3) is 5.91 Å². The van der Waals surface area contributed by atoms with Gasteiger partial charge < -0.3 is 34.4 Å². The van der Waals surface area contributed by atoms with E-state index in [1.165, 1.54) is 4.90 Å². The first-order valence-corrected chi connectivity index (χ1v) is 16.2. The number of ether oxygens (including phenoxy) is 3. The van der Waals surface area contributed by atoms with E-state index in [9.17, 15) is 24.3 Å². The number of unbranched alkanes of at least 4 members (excludes halogenated alkanes) is 1. The second-order valence-corrected chi connectivity index (χ2v) is 12.4. The first-order valence-electron chi connectivity index (χ1n) is 16.2. The highest BCUT2D eigenvalue weighted by molar-refractivity contribution is 6.05. The van der Waals surface area contributed by atoms with Crippen molar-refractivity contribution in [3.63, 3.8) is 0 Å². The fraction of sp³-hybridized carbons (Fsp3) is 0.444. The summed E-state index contributed by atoms with van der Waals surface area (Å²) in [7, 11) is 1.56. The molecule has 1 spiro atoms. The number of carbonyl (C=O) groups is 4. The maximum absolute atomic E-state index is 14.8. The highest BCUT2D eigenvalue weighted by Crippen LogP contribution is 2.56. The third kappa shape index (κ3) is 6.05. The van der Waals surface area contributed by atoms with Crippen LogP contribution in [0.25, 0.3) is 0 Å². The van der Waals surface area contributed by atoms with Gasteiger partial charge in [0.2, 0.25) is 11.8 Å². The molecule has 11 heteroatoms. The van der Waals surface area contributed by atoms with E-state index < -0.39 is 47.7 Å². The van der Waals surface area contributed by atoms with Gasteiger partial charge in [-0.2, -0.15) is 0 Å². The lowest BCUT2D eigenvalue weighted by atomic mass is 9.74. The Morgan fingerprint density at radius 2 is 1.77 bits per heavy atom. The molecule has 4 aliphatic heterocycles. The van der Waals surface area contributed by atoms with E-state index in [1.807, 2.05) is 42.5 Å². The number of esters is 1. The molecule has 0 aromatic heterocycles. The highest BCUT2D eigenvalue weighted by Gasteiger charge is 2.73. The van der Waals surface area contributed by atoms with Gasteiger partial charge in [0, 0.05) is 31.8 Å². The smallest absolute Gasteiger partial charge is 0.313 e. The number of fused-ring (bicyclic) bond motifs is 2. The molecule has 2 N–H and O–H groups in total. The number of rotatable bonds is 7. The summed E-state index contributed by atoms with van der Waals surface area (Å²) >= 11 is 0. The number of methoxy groups -OCH3 is 1. The maximum atomic E-state index is 14.8. The van der Waals surface area contributed by atoms with Crippen LogP contribution in [-0.4, -0.2) is 84.3 Å². The van der Waals surface area contributed by atoms with Gasteiger partial charge >= 0.3 is 5.97 Å². The number of likely N-dealkylation sites (tertiary alicyclic amines) is 1. The van der Waals surface area contributed by atoms with Crippen LogP contribution in [0, 0.1) is 11.8 Å². The van der Waals surface area contributed by atoms with Gasteiger partial charge in [0.15, 0.2) is 0 Å². The molecule has 2 aromatic carbocycles. The Bertz CT molecular complexity index is 1540. The van der Waals surface area contributed by atoms with Gasteiger partial charge in [-0.15, -0.1) is 0 Å². The van der Waals surface area contributed by atoms with Crippen molar-refractivity contribution in [3.05, 3.63) is 84.5 Å². The number of nitrogens with one attached hydrogen (secondary N) is 1. The summed E-state index contributed by atoms with van der Waals surface area (Å²) < 4.78 is 18.0. The summed E-state index contributed by atoms with van der Waals surface area (Å²) in [4.78, 5) is 59.4. The molecule has 47 heavy (non-hydrogen) atoms. The summed E-state index contributed by atoms with van der Waals surface area (Å²) in [6.07, 6.45) is 7.17. The van der Waals surface area contributed by atoms with E-state index in [0.717, 1.165) is 0 Å². The van der Waals surface area contributed by atoms with Crippen LogP contribution >= 0.6 is 0 Å². The van der Waals surface area contributed by atoms with Gasteiger partial charge in [0.05, 0.1) is 25.2 Å². The molecule has 0 aliphatic carbocycles. The molecule has 2 saturated heterocycles. The molecule has 6 rings (SSSR count). The predicted molar refractivity (Wildman–Crippen MR) is 172 cm³/mol. The Kier molecular flexibility index (Phi) is 9.47. The van der Waals surface area contributed by atoms with Crippen molar-refractivity contribution in [2.24, 2.45) is 11.8 Å². The minimum Gasteiger partial charge on any atom is -0.497 e. The highest BCUT2D eigenvalue weighted by atomic mass is 16.6. The monoisotopic (exact) mass is 643 g/mol. The second kappa shape index (κ2) is 13.7. The van der Waals surface area contributed by atoms with E-state index in [2.05, 4.69) is 5.32 Å². The van der Waals surface area contributed by atoms with E-state index in [-0.39, 0.29) is 43.8 Å². The molecule has 0 saturated carbocycles. The average Bonchev–Trinajstić information content (AvgIpc) is 3.72. The average molecular weight is 644 g/mol. The van der Waals surface area contributed by atoms with Crippen molar-refractivity contribution in [2.75, 3.05) is 31.7 Å². The van der Waals surface area contributed by atoms with Gasteiger partial charge in [-0.25, -0.2) is 0 Å². The number of carbonyl (C=O) groups excluding carboxylic acids is 4. The first kappa shape index (κ1) is 32.5. The predicted octanol–water partition coefficient (Wildman–Crippen LogP) is 3.09. The summed E-state index contributed by atoms with van der Waals surface area (Å²) in [5, 5.41) is 12.5. The van der Waals surface area contributed by atoms with E-state index >= 15 is 0 Å². The van der Waals surface area contributed by atoms with E-state index in [1.54, 1.807) is 55.4 Å². The Hall–Kier alpha value is -4.48. The number of hydrogen-bond acceptors (Lipinski definition) is 8. The molecule has 3 amide bonds. The van der Waals surface area contributed by atoms with E-state index in [4.69, 9.17) is 14.2 Å². The fourth-order valence-electron chi connectivity index (χ4n) is 7.30. The molecule has 11 nitrogen and oxygen atoms in total. The molecule has 4 aliphatic rings. The molecular weight excluding hydrogens is 602 g/mol. The number of allylic oxidation sites excluding steroid dienone is 1. The molecular formula is C36H41N3O8. The van der Waals surface area contributed by atoms with Crippen LogP contribution in [0.5, 0.6) is 5.75 Å². The number of benzene rings is 2. The zero-order valence-corrected chi connectivity index (χ0v) is 26.6. The van der Waals surface area contributed by atoms with Crippen molar-refractivity contribution >= 4 is 29.4 Å². The lowest BCUT2D eigenvalue weighted by molar-refractivity contribution is -0.161. The normalized spacial score (nSPS) is 31.5. The largest absolute Gasteiger partial charge is 0.497 e. The zero-order valence-electron chi connectivity index (χ0n) is 26.6. The molecule has 4 heterocycles. The van der Waals surface area contributed by atoms with Crippen LogP contribution in [-0.2, 0) is 28.7 Å². The van der Waals surface area contributed by atoms with Crippen LogP contribution in [0.2, 0.25) is 0 Å². The minimum absolute atomic E-state index is 0.0546. The summed E-state index contributed by atoms with van der Waals surface area (Å²) in [5.41, 5.74) is -0.0928. The van der Waals surface area contributed by atoms with Crippen molar-refractivity contribution in [2.45, 2.75) is 62.5 Å². The van der Waals surface area contributed by atoms with Crippen molar-refractivity contribution in [1.29, 1.82) is 0 Å². The zero-order chi connectivity index (χ0) is 33.1.